The van der Waals surface area contributed by atoms with Gasteiger partial charge in [0.15, 0.2) is 0 Å². The second kappa shape index (κ2) is 6.65. The second-order valence-corrected chi connectivity index (χ2v) is 10.2. The fraction of sp³-hybridized carbons (Fsp3) is 0.278. The first-order chi connectivity index (χ1) is 12.5. The molecule has 1 aliphatic rings. The molecule has 1 fully saturated rings. The average Bonchev–Trinajstić information content (AvgIpc) is 2.76. The van der Waals surface area contributed by atoms with E-state index in [2.05, 4.69) is 4.72 Å². The molecule has 0 bridgehead atoms. The molecule has 0 radical (unpaired) electrons. The van der Waals surface area contributed by atoms with Crippen LogP contribution in [-0.4, -0.2) is 28.5 Å². The first-order valence-electron chi connectivity index (χ1n) is 8.29. The van der Waals surface area contributed by atoms with Gasteiger partial charge in [-0.2, -0.15) is 0 Å². The number of benzene rings is 2. The lowest BCUT2D eigenvalue weighted by Crippen LogP contribution is -2.30. The van der Waals surface area contributed by atoms with Gasteiger partial charge in [-0.3, -0.25) is 9.52 Å². The smallest absolute Gasteiger partial charge is 0.262 e. The lowest BCUT2D eigenvalue weighted by Gasteiger charge is -2.18. The van der Waals surface area contributed by atoms with Crippen molar-refractivity contribution in [2.75, 3.05) is 14.8 Å². The van der Waals surface area contributed by atoms with Crippen LogP contribution in [0.4, 0.5) is 11.4 Å². The van der Waals surface area contributed by atoms with Crippen molar-refractivity contribution < 1.29 is 21.6 Å². The van der Waals surface area contributed by atoms with E-state index < -0.39 is 31.9 Å². The third kappa shape index (κ3) is 3.57. The Balaban J connectivity index is 1.98. The molecule has 9 heteroatoms. The van der Waals surface area contributed by atoms with Gasteiger partial charge in [-0.05, 0) is 49.2 Å². The third-order valence-electron chi connectivity index (χ3n) is 4.43. The third-order valence-corrected chi connectivity index (χ3v) is 7.83. The highest BCUT2D eigenvalue weighted by Gasteiger charge is 2.42. The maximum absolute atomic E-state index is 12.7. The molecule has 1 atom stereocenters. The Hall–Kier alpha value is -2.39. The normalized spacial score (nSPS) is 19.3. The number of hydrogen-bond donors (Lipinski definition) is 1. The number of carbonyl (C=O) groups is 1. The molecule has 0 aromatic heterocycles. The van der Waals surface area contributed by atoms with Gasteiger partial charge in [0.2, 0.25) is 15.9 Å². The van der Waals surface area contributed by atoms with Crippen LogP contribution in [-0.2, 0) is 24.8 Å². The number of nitrogens with zero attached hydrogens (tertiary/aromatic N) is 1. The number of hydrogen-bond acceptors (Lipinski definition) is 5. The maximum Gasteiger partial charge on any atom is 0.262 e. The zero-order valence-electron chi connectivity index (χ0n) is 15.1. The summed E-state index contributed by atoms with van der Waals surface area (Å²) >= 11 is 0. The molecule has 1 heterocycles. The molecule has 0 saturated carbocycles. The Kier molecular flexibility index (Phi) is 4.77. The topological polar surface area (TPSA) is 101 Å². The highest BCUT2D eigenvalue weighted by atomic mass is 32.2. The summed E-state index contributed by atoms with van der Waals surface area (Å²) in [6.07, 6.45) is 0. The molecule has 0 spiro atoms. The number of aryl methyl sites for hydroxylation is 2. The summed E-state index contributed by atoms with van der Waals surface area (Å²) in [6, 6.07) is 11.0. The predicted octanol–water partition coefficient (Wildman–Crippen LogP) is 2.42. The van der Waals surface area contributed by atoms with Gasteiger partial charge in [0.25, 0.3) is 10.0 Å². The first kappa shape index (κ1) is 19.4. The number of nitrogens with one attached hydrogen (secondary N) is 1. The molecule has 1 unspecified atom stereocenters. The van der Waals surface area contributed by atoms with Crippen molar-refractivity contribution in [3.63, 3.8) is 0 Å². The molecular formula is C18H20N2O5S2. The van der Waals surface area contributed by atoms with Crippen molar-refractivity contribution in [2.45, 2.75) is 25.7 Å². The number of carbonyl (C=O) groups excluding carboxylic acids is 1. The van der Waals surface area contributed by atoms with Gasteiger partial charge in [-0.25, -0.2) is 21.1 Å². The molecule has 27 heavy (non-hydrogen) atoms. The van der Waals surface area contributed by atoms with E-state index in [0.717, 1.165) is 9.87 Å². The van der Waals surface area contributed by atoms with Gasteiger partial charge < -0.3 is 0 Å². The number of rotatable bonds is 4. The Morgan fingerprint density at radius 2 is 1.74 bits per heavy atom. The number of para-hydroxylation sites is 1. The summed E-state index contributed by atoms with van der Waals surface area (Å²) in [5, 5.41) is 0. The Morgan fingerprint density at radius 3 is 2.30 bits per heavy atom. The molecule has 1 amide bonds. The fourth-order valence-electron chi connectivity index (χ4n) is 3.04. The van der Waals surface area contributed by atoms with Gasteiger partial charge in [-0.15, -0.1) is 0 Å². The van der Waals surface area contributed by atoms with E-state index in [-0.39, 0.29) is 16.3 Å². The Morgan fingerprint density at radius 1 is 1.07 bits per heavy atom. The van der Waals surface area contributed by atoms with Gasteiger partial charge in [0, 0.05) is 0 Å². The second-order valence-electron chi connectivity index (χ2n) is 6.65. The van der Waals surface area contributed by atoms with Crippen molar-refractivity contribution in [3.8, 4) is 0 Å². The summed E-state index contributed by atoms with van der Waals surface area (Å²) in [5.74, 6) is -1.38. The summed E-state index contributed by atoms with van der Waals surface area (Å²) in [7, 11) is -7.60. The van der Waals surface area contributed by atoms with Crippen molar-refractivity contribution in [3.05, 3.63) is 53.6 Å². The summed E-state index contributed by atoms with van der Waals surface area (Å²) in [5.41, 5.74) is 1.73. The minimum atomic E-state index is -3.86. The van der Waals surface area contributed by atoms with Crippen LogP contribution >= 0.6 is 0 Å². The first-order valence-corrected chi connectivity index (χ1v) is 11.4. The monoisotopic (exact) mass is 408 g/mol. The molecule has 1 saturated heterocycles. The molecule has 7 nitrogen and oxygen atoms in total. The van der Waals surface area contributed by atoms with Crippen LogP contribution < -0.4 is 9.03 Å². The van der Waals surface area contributed by atoms with E-state index in [1.165, 1.54) is 18.2 Å². The van der Waals surface area contributed by atoms with Crippen molar-refractivity contribution in [2.24, 2.45) is 5.92 Å². The minimum Gasteiger partial charge on any atom is -0.279 e. The fourth-order valence-corrected chi connectivity index (χ4v) is 6.21. The van der Waals surface area contributed by atoms with Gasteiger partial charge >= 0.3 is 0 Å². The van der Waals surface area contributed by atoms with E-state index in [1.807, 2.05) is 6.07 Å². The van der Waals surface area contributed by atoms with Crippen molar-refractivity contribution in [1.29, 1.82) is 0 Å². The predicted molar refractivity (Wildman–Crippen MR) is 104 cm³/mol. The highest BCUT2D eigenvalue weighted by molar-refractivity contribution is 7.94. The molecule has 2 aromatic carbocycles. The van der Waals surface area contributed by atoms with Gasteiger partial charge in [0.1, 0.15) is 0 Å². The van der Waals surface area contributed by atoms with E-state index in [0.29, 0.717) is 11.3 Å². The van der Waals surface area contributed by atoms with Crippen LogP contribution in [0.25, 0.3) is 0 Å². The van der Waals surface area contributed by atoms with Crippen LogP contribution in [0.15, 0.2) is 47.4 Å². The summed E-state index contributed by atoms with van der Waals surface area (Å²) in [6.45, 7) is 4.91. The lowest BCUT2D eigenvalue weighted by molar-refractivity contribution is -0.119. The maximum atomic E-state index is 12.7. The summed E-state index contributed by atoms with van der Waals surface area (Å²) < 4.78 is 53.2. The molecule has 0 aliphatic carbocycles. The van der Waals surface area contributed by atoms with Crippen LogP contribution in [0.3, 0.4) is 0 Å². The van der Waals surface area contributed by atoms with Crippen LogP contribution in [0.5, 0.6) is 0 Å². The molecule has 2 aromatic rings. The van der Waals surface area contributed by atoms with E-state index >= 15 is 0 Å². The van der Waals surface area contributed by atoms with Crippen molar-refractivity contribution in [1.82, 2.24) is 0 Å². The Bertz CT molecular complexity index is 1120. The van der Waals surface area contributed by atoms with Gasteiger partial charge in [-0.1, -0.05) is 25.1 Å². The quantitative estimate of drug-likeness (QED) is 0.837. The number of amides is 1. The molecule has 144 valence electrons. The minimum absolute atomic E-state index is 0.0200. The molecule has 1 aliphatic heterocycles. The number of anilines is 2. The molecule has 1 N–H and O–H groups in total. The molecular weight excluding hydrogens is 388 g/mol. The van der Waals surface area contributed by atoms with Crippen LogP contribution in [0, 0.1) is 19.8 Å². The molecule has 3 rings (SSSR count). The van der Waals surface area contributed by atoms with Crippen molar-refractivity contribution >= 4 is 37.3 Å². The van der Waals surface area contributed by atoms with E-state index in [4.69, 9.17) is 0 Å². The lowest BCUT2D eigenvalue weighted by atomic mass is 10.2. The van der Waals surface area contributed by atoms with Crippen LogP contribution in [0.2, 0.25) is 0 Å². The SMILES string of the molecule is Cc1ccccc1NS(=O)(=O)c1ccc(N2C(=O)C(C)CS2(=O)=O)cc1C. The average molecular weight is 409 g/mol. The summed E-state index contributed by atoms with van der Waals surface area (Å²) in [4.78, 5) is 12.2. The van der Waals surface area contributed by atoms with Crippen LogP contribution in [0.1, 0.15) is 18.1 Å². The zero-order valence-corrected chi connectivity index (χ0v) is 16.8. The van der Waals surface area contributed by atoms with E-state index in [9.17, 15) is 21.6 Å². The zero-order chi connectivity index (χ0) is 20.0. The standard InChI is InChI=1S/C18H20N2O5S2/c1-12-6-4-5-7-16(12)19-27(24,25)17-9-8-15(10-13(17)2)20-18(21)14(3)11-26(20,22)23/h4-10,14,19H,11H2,1-3H3. The van der Waals surface area contributed by atoms with E-state index in [1.54, 1.807) is 39.0 Å². The van der Waals surface area contributed by atoms with Gasteiger partial charge in [0.05, 0.1) is 27.9 Å². The number of sulfonamides is 2. The Labute approximate surface area is 159 Å². The largest absolute Gasteiger partial charge is 0.279 e. The highest BCUT2D eigenvalue weighted by Crippen LogP contribution is 2.31.